The van der Waals surface area contributed by atoms with Crippen molar-refractivity contribution in [2.75, 3.05) is 0 Å². The van der Waals surface area contributed by atoms with Gasteiger partial charge >= 0.3 is 7.12 Å². The lowest BCUT2D eigenvalue weighted by Crippen LogP contribution is -2.41. The molecule has 0 atom stereocenters. The molecule has 0 bridgehead atoms. The Morgan fingerprint density at radius 3 is 1.87 bits per heavy atom. The Hall–Kier alpha value is -4.71. The maximum Gasteiger partial charge on any atom is 0.494 e. The lowest BCUT2D eigenvalue weighted by molar-refractivity contribution is 0.00578. The molecule has 1 fully saturated rings. The third-order valence-electron chi connectivity index (χ3n) is 10.5. The van der Waals surface area contributed by atoms with E-state index in [2.05, 4.69) is 142 Å². The Balaban J connectivity index is 1.34. The summed E-state index contributed by atoms with van der Waals surface area (Å²) >= 11 is 0. The van der Waals surface area contributed by atoms with Crippen molar-refractivity contribution in [1.29, 1.82) is 0 Å². The lowest BCUT2D eigenvalue weighted by Gasteiger charge is -2.39. The summed E-state index contributed by atoms with van der Waals surface area (Å²) in [5.41, 5.74) is 9.01. The van der Waals surface area contributed by atoms with Crippen molar-refractivity contribution >= 4 is 23.4 Å². The molecular formula is C40H32BNO3. The van der Waals surface area contributed by atoms with E-state index in [1.165, 1.54) is 27.6 Å². The summed E-state index contributed by atoms with van der Waals surface area (Å²) in [6.45, 7) is 8.41. The van der Waals surface area contributed by atoms with Crippen molar-refractivity contribution in [3.63, 3.8) is 0 Å². The molecule has 5 aromatic carbocycles. The second-order valence-corrected chi connectivity index (χ2v) is 13.4. The number of benzene rings is 5. The number of hydrogen-bond donors (Lipinski definition) is 0. The van der Waals surface area contributed by atoms with E-state index in [4.69, 9.17) is 14.0 Å². The Labute approximate surface area is 263 Å². The first kappa shape index (κ1) is 26.7. The van der Waals surface area contributed by atoms with Gasteiger partial charge in [-0.3, -0.25) is 4.98 Å². The predicted octanol–water partition coefficient (Wildman–Crippen LogP) is 8.67. The van der Waals surface area contributed by atoms with Gasteiger partial charge in [0.2, 0.25) is 0 Å². The standard InChI is InChI=1S/C40H32BNO3/c1-38(2)39(3,4)45-41(44-38)27-18-20-33-30(22-27)29-21-25(31-24-42-23-26-11-5-6-12-28(26)31)17-19-32(29)40(33)34-13-7-9-15-36(34)43-37-16-10-8-14-35(37)40/h5-24H,1-4H3. The smallest absolute Gasteiger partial charge is 0.457 e. The maximum atomic E-state index is 6.54. The minimum Gasteiger partial charge on any atom is -0.457 e. The van der Waals surface area contributed by atoms with E-state index in [1.54, 1.807) is 0 Å². The van der Waals surface area contributed by atoms with E-state index in [0.717, 1.165) is 44.6 Å². The number of nitrogens with zero attached hydrogens (tertiary/aromatic N) is 1. The highest BCUT2D eigenvalue weighted by atomic mass is 16.7. The molecule has 4 nitrogen and oxygen atoms in total. The zero-order valence-corrected chi connectivity index (χ0v) is 25.8. The molecule has 5 heteroatoms. The highest BCUT2D eigenvalue weighted by molar-refractivity contribution is 6.62. The Bertz CT molecular complexity index is 2120. The summed E-state index contributed by atoms with van der Waals surface area (Å²) in [4.78, 5) is 4.61. The summed E-state index contributed by atoms with van der Waals surface area (Å²) < 4.78 is 19.6. The number of fused-ring (bicyclic) bond motifs is 10. The molecule has 0 saturated carbocycles. The fourth-order valence-electron chi connectivity index (χ4n) is 7.57. The van der Waals surface area contributed by atoms with Crippen LogP contribution in [0.4, 0.5) is 0 Å². The molecule has 0 unspecified atom stereocenters. The molecule has 1 aliphatic carbocycles. The second kappa shape index (κ2) is 9.16. The first-order chi connectivity index (χ1) is 21.8. The molecule has 0 amide bonds. The van der Waals surface area contributed by atoms with Gasteiger partial charge in [0.1, 0.15) is 11.5 Å². The van der Waals surface area contributed by atoms with Crippen LogP contribution >= 0.6 is 0 Å². The van der Waals surface area contributed by atoms with Crippen LogP contribution in [0.3, 0.4) is 0 Å². The van der Waals surface area contributed by atoms with Gasteiger partial charge in [-0.25, -0.2) is 0 Å². The van der Waals surface area contributed by atoms with E-state index in [9.17, 15) is 0 Å². The van der Waals surface area contributed by atoms with Gasteiger partial charge in [0.15, 0.2) is 0 Å². The molecule has 1 aromatic heterocycles. The van der Waals surface area contributed by atoms with Crippen LogP contribution < -0.4 is 10.2 Å². The highest BCUT2D eigenvalue weighted by Gasteiger charge is 2.54. The topological polar surface area (TPSA) is 40.6 Å². The van der Waals surface area contributed by atoms with Gasteiger partial charge in [0.25, 0.3) is 0 Å². The van der Waals surface area contributed by atoms with E-state index in [1.807, 2.05) is 12.4 Å². The fraction of sp³-hybridized carbons (Fsp3) is 0.175. The number of hydrogen-bond acceptors (Lipinski definition) is 4. The minimum absolute atomic E-state index is 0.428. The van der Waals surface area contributed by atoms with Crippen molar-refractivity contribution in [3.8, 4) is 33.8 Å². The molecule has 9 rings (SSSR count). The predicted molar refractivity (Wildman–Crippen MR) is 180 cm³/mol. The van der Waals surface area contributed by atoms with Crippen LogP contribution in [0.25, 0.3) is 33.0 Å². The lowest BCUT2D eigenvalue weighted by atomic mass is 9.65. The molecule has 2 aliphatic heterocycles. The van der Waals surface area contributed by atoms with Gasteiger partial charge in [-0.1, -0.05) is 91.0 Å². The molecule has 3 heterocycles. The molecule has 6 aromatic rings. The molecule has 0 N–H and O–H groups in total. The summed E-state index contributed by atoms with van der Waals surface area (Å²) in [6.07, 6.45) is 3.92. The molecular weight excluding hydrogens is 553 g/mol. The number of rotatable bonds is 2. The van der Waals surface area contributed by atoms with Crippen LogP contribution in [0.5, 0.6) is 11.5 Å². The van der Waals surface area contributed by atoms with Gasteiger partial charge in [0.05, 0.1) is 16.6 Å². The van der Waals surface area contributed by atoms with E-state index in [-0.39, 0.29) is 0 Å². The monoisotopic (exact) mass is 585 g/mol. The highest BCUT2D eigenvalue weighted by Crippen LogP contribution is 2.62. The van der Waals surface area contributed by atoms with E-state index in [0.29, 0.717) is 0 Å². The van der Waals surface area contributed by atoms with Gasteiger partial charge in [0, 0.05) is 34.5 Å². The van der Waals surface area contributed by atoms with Crippen LogP contribution in [-0.4, -0.2) is 23.3 Å². The van der Waals surface area contributed by atoms with Crippen molar-refractivity contribution in [1.82, 2.24) is 4.98 Å². The zero-order valence-electron chi connectivity index (χ0n) is 25.8. The van der Waals surface area contributed by atoms with E-state index >= 15 is 0 Å². The van der Waals surface area contributed by atoms with Crippen LogP contribution in [0, 0.1) is 0 Å². The second-order valence-electron chi connectivity index (χ2n) is 13.4. The third kappa shape index (κ3) is 3.60. The maximum absolute atomic E-state index is 6.54. The SMILES string of the molecule is CC1(C)OB(c2ccc3c(c2)-c2cc(-c4cncc5ccccc45)ccc2C32c3ccccc3Oc3ccccc32)OC1(C)C. The summed E-state index contributed by atoms with van der Waals surface area (Å²) in [5, 5.41) is 2.32. The summed E-state index contributed by atoms with van der Waals surface area (Å²) in [7, 11) is -0.458. The number of para-hydroxylation sites is 2. The average molecular weight is 586 g/mol. The molecule has 1 saturated heterocycles. The summed E-state index contributed by atoms with van der Waals surface area (Å²) in [5.74, 6) is 1.76. The van der Waals surface area contributed by atoms with Gasteiger partial charge in [-0.05, 0) is 84.6 Å². The molecule has 0 radical (unpaired) electrons. The Morgan fingerprint density at radius 1 is 0.556 bits per heavy atom. The van der Waals surface area contributed by atoms with Crippen LogP contribution in [0.1, 0.15) is 49.9 Å². The minimum atomic E-state index is -0.542. The van der Waals surface area contributed by atoms with Crippen LogP contribution in [0.15, 0.2) is 122 Å². The molecule has 1 spiro atoms. The first-order valence-corrected chi connectivity index (χ1v) is 15.6. The largest absolute Gasteiger partial charge is 0.494 e. The zero-order chi connectivity index (χ0) is 30.6. The van der Waals surface area contributed by atoms with Crippen molar-refractivity contribution in [3.05, 3.63) is 144 Å². The molecule has 218 valence electrons. The quantitative estimate of drug-likeness (QED) is 0.190. The average Bonchev–Trinajstić information content (AvgIpc) is 3.46. The number of pyridine rings is 1. The molecule has 3 aliphatic rings. The van der Waals surface area contributed by atoms with Crippen LogP contribution in [-0.2, 0) is 14.7 Å². The van der Waals surface area contributed by atoms with Gasteiger partial charge in [-0.15, -0.1) is 0 Å². The van der Waals surface area contributed by atoms with Gasteiger partial charge < -0.3 is 14.0 Å². The molecule has 45 heavy (non-hydrogen) atoms. The van der Waals surface area contributed by atoms with Crippen LogP contribution in [0.2, 0.25) is 0 Å². The van der Waals surface area contributed by atoms with Gasteiger partial charge in [-0.2, -0.15) is 0 Å². The van der Waals surface area contributed by atoms with Crippen molar-refractivity contribution < 1.29 is 14.0 Å². The fourth-order valence-corrected chi connectivity index (χ4v) is 7.57. The normalized spacial score (nSPS) is 17.8. The Morgan fingerprint density at radius 2 is 1.16 bits per heavy atom. The van der Waals surface area contributed by atoms with Crippen molar-refractivity contribution in [2.45, 2.75) is 44.3 Å². The number of ether oxygens (including phenoxy) is 1. The van der Waals surface area contributed by atoms with Crippen molar-refractivity contribution in [2.24, 2.45) is 0 Å². The number of aromatic nitrogens is 1. The van der Waals surface area contributed by atoms with E-state index < -0.39 is 23.7 Å². The summed E-state index contributed by atoms with van der Waals surface area (Å²) in [6, 6.07) is 39.1. The first-order valence-electron chi connectivity index (χ1n) is 15.6. The third-order valence-corrected chi connectivity index (χ3v) is 10.5. The Kier molecular flexibility index (Phi) is 5.43.